The van der Waals surface area contributed by atoms with Crippen molar-refractivity contribution < 1.29 is 19.6 Å². The zero-order valence-corrected chi connectivity index (χ0v) is 12.4. The molecule has 0 heterocycles. The largest absolute Gasteiger partial charge is 0.484 e. The predicted octanol–water partition coefficient (Wildman–Crippen LogP) is 2.12. The fourth-order valence-corrected chi connectivity index (χ4v) is 1.70. The van der Waals surface area contributed by atoms with E-state index in [4.69, 9.17) is 4.74 Å². The molecule has 0 fully saturated rings. The second-order valence-corrected chi connectivity index (χ2v) is 5.08. The van der Waals surface area contributed by atoms with Gasteiger partial charge in [-0.3, -0.25) is 20.2 Å². The molecule has 1 atom stereocenters. The lowest BCUT2D eigenvalue weighted by atomic mass is 10.0. The Morgan fingerprint density at radius 1 is 1.52 bits per heavy atom. The van der Waals surface area contributed by atoms with Crippen LogP contribution >= 0.6 is 0 Å². The second kappa shape index (κ2) is 7.03. The second-order valence-electron chi connectivity index (χ2n) is 5.08. The average molecular weight is 296 g/mol. The number of nitrogens with zero attached hydrogens (tertiary/aromatic N) is 1. The summed E-state index contributed by atoms with van der Waals surface area (Å²) >= 11 is 0. The minimum atomic E-state index is -1.30. The van der Waals surface area contributed by atoms with Gasteiger partial charge in [0.25, 0.3) is 0 Å². The van der Waals surface area contributed by atoms with Crippen LogP contribution in [0.25, 0.3) is 0 Å². The first-order chi connectivity index (χ1) is 9.80. The number of carboxylic acids is 1. The number of carbonyl (C=O) groups is 1. The number of nitro benzene ring substituents is 1. The molecule has 1 unspecified atom stereocenters. The van der Waals surface area contributed by atoms with Crippen LogP contribution in [0, 0.1) is 17.0 Å². The summed E-state index contributed by atoms with van der Waals surface area (Å²) in [6.45, 7) is 5.46. The van der Waals surface area contributed by atoms with E-state index in [1.54, 1.807) is 13.0 Å². The maximum Gasteiger partial charge on any atom is 0.327 e. The Morgan fingerprint density at radius 3 is 2.71 bits per heavy atom. The highest BCUT2D eigenvalue weighted by Gasteiger charge is 2.34. The number of hydrogen-bond donors (Lipinski definition) is 2. The van der Waals surface area contributed by atoms with Crippen LogP contribution in [-0.4, -0.2) is 34.7 Å². The third-order valence-electron chi connectivity index (χ3n) is 3.06. The number of carboxylic acid groups (broad SMARTS) is 1. The van der Waals surface area contributed by atoms with Gasteiger partial charge in [-0.25, -0.2) is 0 Å². The molecular weight excluding hydrogens is 276 g/mol. The van der Waals surface area contributed by atoms with Crippen LogP contribution in [0.1, 0.15) is 25.8 Å². The minimum absolute atomic E-state index is 0.0661. The molecule has 0 amide bonds. The van der Waals surface area contributed by atoms with E-state index in [-0.39, 0.29) is 18.0 Å². The summed E-state index contributed by atoms with van der Waals surface area (Å²) in [5.41, 5.74) is -0.730. The third-order valence-corrected chi connectivity index (χ3v) is 3.06. The molecule has 0 aromatic heterocycles. The van der Waals surface area contributed by atoms with Gasteiger partial charge in [0.2, 0.25) is 0 Å². The van der Waals surface area contributed by atoms with Gasteiger partial charge in [0.15, 0.2) is 5.75 Å². The van der Waals surface area contributed by atoms with Crippen molar-refractivity contribution in [3.05, 3.63) is 33.9 Å². The monoisotopic (exact) mass is 296 g/mol. The fourth-order valence-electron chi connectivity index (χ4n) is 1.70. The van der Waals surface area contributed by atoms with Crippen molar-refractivity contribution in [2.45, 2.75) is 32.7 Å². The van der Waals surface area contributed by atoms with E-state index in [9.17, 15) is 20.0 Å². The Labute approximate surface area is 123 Å². The lowest BCUT2D eigenvalue weighted by Gasteiger charge is -2.26. The predicted molar refractivity (Wildman–Crippen MR) is 77.7 cm³/mol. The molecule has 0 radical (unpaired) electrons. The fraction of sp³-hybridized carbons (Fsp3) is 0.500. The van der Waals surface area contributed by atoms with Crippen LogP contribution in [0.5, 0.6) is 5.75 Å². The van der Waals surface area contributed by atoms with Crippen molar-refractivity contribution >= 4 is 11.7 Å². The number of rotatable bonds is 8. The number of benzene rings is 1. The normalized spacial score (nSPS) is 13.5. The van der Waals surface area contributed by atoms with Crippen LogP contribution in [0.2, 0.25) is 0 Å². The summed E-state index contributed by atoms with van der Waals surface area (Å²) in [5, 5.41) is 23.2. The van der Waals surface area contributed by atoms with Gasteiger partial charge in [-0.2, -0.15) is 0 Å². The lowest BCUT2D eigenvalue weighted by molar-refractivity contribution is -0.386. The van der Waals surface area contributed by atoms with Gasteiger partial charge < -0.3 is 9.84 Å². The molecule has 0 aliphatic carbocycles. The Morgan fingerprint density at radius 2 is 2.19 bits per heavy atom. The van der Waals surface area contributed by atoms with Gasteiger partial charge >= 0.3 is 11.7 Å². The molecule has 0 spiro atoms. The van der Waals surface area contributed by atoms with E-state index in [1.165, 1.54) is 19.1 Å². The van der Waals surface area contributed by atoms with E-state index in [0.29, 0.717) is 6.54 Å². The summed E-state index contributed by atoms with van der Waals surface area (Å²) < 4.78 is 5.39. The molecular formula is C14H20N2O5. The lowest BCUT2D eigenvalue weighted by Crippen LogP contribution is -2.54. The van der Waals surface area contributed by atoms with Gasteiger partial charge in [0.1, 0.15) is 12.1 Å². The molecule has 7 heteroatoms. The molecule has 7 nitrogen and oxygen atoms in total. The topological polar surface area (TPSA) is 102 Å². The maximum absolute atomic E-state index is 11.3. The highest BCUT2D eigenvalue weighted by molar-refractivity contribution is 5.78. The molecule has 116 valence electrons. The zero-order chi connectivity index (χ0) is 16.0. The van der Waals surface area contributed by atoms with Crippen molar-refractivity contribution in [1.82, 2.24) is 5.32 Å². The van der Waals surface area contributed by atoms with Crippen molar-refractivity contribution in [3.63, 3.8) is 0 Å². The first-order valence-corrected chi connectivity index (χ1v) is 6.66. The van der Waals surface area contributed by atoms with E-state index >= 15 is 0 Å². The Bertz CT molecular complexity index is 532. The average Bonchev–Trinajstić information content (AvgIpc) is 2.43. The molecule has 0 saturated heterocycles. The summed E-state index contributed by atoms with van der Waals surface area (Å²) in [6, 6.07) is 4.56. The summed E-state index contributed by atoms with van der Waals surface area (Å²) in [7, 11) is 0. The van der Waals surface area contributed by atoms with E-state index in [1.807, 2.05) is 6.92 Å². The number of ether oxygens (including phenoxy) is 1. The zero-order valence-electron chi connectivity index (χ0n) is 12.4. The SMILES string of the molecule is CCCNC(C)(COc1ccc(C)cc1[N+](=O)[O-])C(=O)O. The molecule has 0 bridgehead atoms. The summed E-state index contributed by atoms with van der Waals surface area (Å²) in [4.78, 5) is 21.8. The molecule has 0 saturated carbocycles. The number of aryl methyl sites for hydroxylation is 1. The van der Waals surface area contributed by atoms with Crippen molar-refractivity contribution in [1.29, 1.82) is 0 Å². The molecule has 1 rings (SSSR count). The molecule has 1 aromatic rings. The number of hydrogen-bond acceptors (Lipinski definition) is 5. The Kier molecular flexibility index (Phi) is 5.66. The van der Waals surface area contributed by atoms with E-state index in [0.717, 1.165) is 12.0 Å². The van der Waals surface area contributed by atoms with Crippen LogP contribution in [0.15, 0.2) is 18.2 Å². The minimum Gasteiger partial charge on any atom is -0.484 e. The van der Waals surface area contributed by atoms with Gasteiger partial charge in [-0.1, -0.05) is 13.0 Å². The standard InChI is InChI=1S/C14H20N2O5/c1-4-7-15-14(3,13(17)18)9-21-12-6-5-10(2)8-11(12)16(19)20/h5-6,8,15H,4,7,9H2,1-3H3,(H,17,18). The van der Waals surface area contributed by atoms with Gasteiger partial charge in [-0.05, 0) is 38.4 Å². The molecule has 21 heavy (non-hydrogen) atoms. The Balaban J connectivity index is 2.90. The van der Waals surface area contributed by atoms with E-state index in [2.05, 4.69) is 5.32 Å². The molecule has 0 aliphatic rings. The van der Waals surface area contributed by atoms with Crippen molar-refractivity contribution in [3.8, 4) is 5.75 Å². The van der Waals surface area contributed by atoms with Crippen molar-refractivity contribution in [2.75, 3.05) is 13.2 Å². The molecule has 1 aromatic carbocycles. The Hall–Kier alpha value is -2.15. The highest BCUT2D eigenvalue weighted by atomic mass is 16.6. The third kappa shape index (κ3) is 4.42. The number of nitro groups is 1. The van der Waals surface area contributed by atoms with Crippen LogP contribution < -0.4 is 10.1 Å². The van der Waals surface area contributed by atoms with Gasteiger partial charge in [0, 0.05) is 6.07 Å². The first-order valence-electron chi connectivity index (χ1n) is 6.66. The quantitative estimate of drug-likeness (QED) is 0.563. The van der Waals surface area contributed by atoms with Crippen molar-refractivity contribution in [2.24, 2.45) is 0 Å². The molecule has 0 aliphatic heterocycles. The first kappa shape index (κ1) is 16.9. The van der Waals surface area contributed by atoms with Gasteiger partial charge in [0.05, 0.1) is 4.92 Å². The van der Waals surface area contributed by atoms with Crippen LogP contribution in [-0.2, 0) is 4.79 Å². The summed E-state index contributed by atoms with van der Waals surface area (Å²) in [5.74, 6) is -0.998. The van der Waals surface area contributed by atoms with Crippen LogP contribution in [0.3, 0.4) is 0 Å². The summed E-state index contributed by atoms with van der Waals surface area (Å²) in [6.07, 6.45) is 0.771. The highest BCUT2D eigenvalue weighted by Crippen LogP contribution is 2.28. The number of aliphatic carboxylic acids is 1. The molecule has 2 N–H and O–H groups in total. The smallest absolute Gasteiger partial charge is 0.327 e. The maximum atomic E-state index is 11.3. The number of nitrogens with one attached hydrogen (secondary N) is 1. The van der Waals surface area contributed by atoms with Gasteiger partial charge in [-0.15, -0.1) is 0 Å². The van der Waals surface area contributed by atoms with E-state index < -0.39 is 16.4 Å². The van der Waals surface area contributed by atoms with Crippen LogP contribution in [0.4, 0.5) is 5.69 Å².